The molecule has 0 saturated carbocycles. The zero-order chi connectivity index (χ0) is 32.5. The average Bonchev–Trinajstić information content (AvgIpc) is 3.23. The van der Waals surface area contributed by atoms with Crippen LogP contribution < -0.4 is 20.7 Å². The lowest BCUT2D eigenvalue weighted by Gasteiger charge is -2.47. The summed E-state index contributed by atoms with van der Waals surface area (Å²) in [4.78, 5) is 0. The fraction of sp³-hybridized carbons (Fsp3) is 0.351. The molecule has 45 heavy (non-hydrogen) atoms. The molecule has 4 aromatic carbocycles. The van der Waals surface area contributed by atoms with E-state index in [1.165, 1.54) is 0 Å². The molecule has 1 N–H and O–H groups in total. The molecule has 238 valence electrons. The predicted molar refractivity (Wildman–Crippen MR) is 190 cm³/mol. The Morgan fingerprint density at radius 3 is 1.33 bits per heavy atom. The third-order valence-electron chi connectivity index (χ3n) is 8.95. The molecule has 4 atom stereocenters. The molecule has 1 heterocycles. The van der Waals surface area contributed by atoms with Crippen molar-refractivity contribution in [3.63, 3.8) is 0 Å². The highest BCUT2D eigenvalue weighted by Crippen LogP contribution is 2.47. The Morgan fingerprint density at radius 2 is 1.00 bits per heavy atom. The van der Waals surface area contributed by atoms with Crippen molar-refractivity contribution < 1.29 is 23.1 Å². The van der Waals surface area contributed by atoms with Gasteiger partial charge in [0.15, 0.2) is 0 Å². The largest absolute Gasteiger partial charge is 0.405 e. The lowest BCUT2D eigenvalue weighted by atomic mass is 10.2. The van der Waals surface area contributed by atoms with E-state index in [-0.39, 0.29) is 11.6 Å². The molecular weight excluding hydrogens is 663 g/mol. The van der Waals surface area contributed by atoms with Crippen molar-refractivity contribution in [1.29, 1.82) is 0 Å². The molecular formula is C37H44BrFO4Si2. The van der Waals surface area contributed by atoms with E-state index in [9.17, 15) is 5.11 Å². The Morgan fingerprint density at radius 1 is 0.667 bits per heavy atom. The maximum Gasteiger partial charge on any atom is 0.261 e. The van der Waals surface area contributed by atoms with E-state index in [1.54, 1.807) is 0 Å². The summed E-state index contributed by atoms with van der Waals surface area (Å²) in [6, 6.07) is 40.8. The summed E-state index contributed by atoms with van der Waals surface area (Å²) in [7, 11) is -6.20. The van der Waals surface area contributed by atoms with Crippen LogP contribution in [0, 0.1) is 0 Å². The van der Waals surface area contributed by atoms with Crippen LogP contribution in [0.2, 0.25) is 10.1 Å². The van der Waals surface area contributed by atoms with Crippen molar-refractivity contribution in [2.75, 3.05) is 6.61 Å². The first-order valence-corrected chi connectivity index (χ1v) is 20.1. The molecule has 8 heteroatoms. The highest BCUT2D eigenvalue weighted by molar-refractivity contribution is 9.10. The SMILES string of the molecule is CC(C)(C)[Si](OC[C@H]1OC(O)[C@](F)(Br)[C@@H]1O[Si](c1ccccc1)(c1ccccc1)C(C)(C)C)(c1ccccc1)c1ccccc1. The Bertz CT molecular complexity index is 1450. The van der Waals surface area contributed by atoms with Crippen LogP contribution in [0.25, 0.3) is 0 Å². The Hall–Kier alpha value is -2.44. The van der Waals surface area contributed by atoms with Gasteiger partial charge in [-0.2, -0.15) is 0 Å². The summed E-state index contributed by atoms with van der Waals surface area (Å²) in [5.74, 6) is 0. The molecule has 5 rings (SSSR count). The van der Waals surface area contributed by atoms with E-state index in [2.05, 4.69) is 106 Å². The van der Waals surface area contributed by atoms with E-state index in [0.29, 0.717) is 0 Å². The summed E-state index contributed by atoms with van der Waals surface area (Å²) in [5.41, 5.74) is 0. The molecule has 0 aromatic heterocycles. The fourth-order valence-corrected chi connectivity index (χ4v) is 16.8. The van der Waals surface area contributed by atoms with Crippen molar-refractivity contribution >= 4 is 53.3 Å². The van der Waals surface area contributed by atoms with Gasteiger partial charge >= 0.3 is 0 Å². The van der Waals surface area contributed by atoms with E-state index in [0.717, 1.165) is 20.7 Å². The second-order valence-corrected chi connectivity index (χ2v) is 23.7. The summed E-state index contributed by atoms with van der Waals surface area (Å²) in [6.45, 7) is 13.1. The van der Waals surface area contributed by atoms with Gasteiger partial charge in [0.2, 0.25) is 10.9 Å². The third kappa shape index (κ3) is 6.18. The smallest absolute Gasteiger partial charge is 0.261 e. The van der Waals surface area contributed by atoms with Gasteiger partial charge in [-0.15, -0.1) is 0 Å². The number of aliphatic hydroxyl groups excluding tert-OH is 1. The molecule has 0 spiro atoms. The van der Waals surface area contributed by atoms with E-state index in [1.807, 2.05) is 72.8 Å². The lowest BCUT2D eigenvalue weighted by molar-refractivity contribution is -0.124. The van der Waals surface area contributed by atoms with Crippen molar-refractivity contribution in [2.45, 2.75) is 74.7 Å². The summed E-state index contributed by atoms with van der Waals surface area (Å²) in [5, 5.41) is 14.6. The average molecular weight is 708 g/mol. The van der Waals surface area contributed by atoms with Crippen LogP contribution in [-0.4, -0.2) is 51.4 Å². The van der Waals surface area contributed by atoms with Crippen LogP contribution in [0.4, 0.5) is 4.39 Å². The molecule has 0 radical (unpaired) electrons. The molecule has 0 aliphatic carbocycles. The molecule has 1 aliphatic rings. The van der Waals surface area contributed by atoms with Crippen LogP contribution in [0.3, 0.4) is 0 Å². The van der Waals surface area contributed by atoms with E-state index < -0.39 is 44.7 Å². The molecule has 1 fully saturated rings. The Balaban J connectivity index is 1.62. The van der Waals surface area contributed by atoms with Crippen molar-refractivity contribution in [1.82, 2.24) is 0 Å². The fourth-order valence-electron chi connectivity index (χ4n) is 6.85. The Labute approximate surface area is 278 Å². The minimum absolute atomic E-state index is 0.0322. The molecule has 0 amide bonds. The quantitative estimate of drug-likeness (QED) is 0.164. The summed E-state index contributed by atoms with van der Waals surface area (Å²) >= 11 is 3.24. The number of benzene rings is 4. The van der Waals surface area contributed by atoms with E-state index in [4.69, 9.17) is 13.6 Å². The van der Waals surface area contributed by atoms with Gasteiger partial charge in [-0.3, -0.25) is 0 Å². The van der Waals surface area contributed by atoms with Crippen LogP contribution in [-0.2, 0) is 13.6 Å². The minimum atomic E-state index is -3.22. The summed E-state index contributed by atoms with van der Waals surface area (Å²) in [6.07, 6.45) is -3.81. The summed E-state index contributed by atoms with van der Waals surface area (Å²) < 4.78 is 34.9. The first-order chi connectivity index (χ1) is 21.2. The van der Waals surface area contributed by atoms with Gasteiger partial charge in [0.25, 0.3) is 16.6 Å². The maximum atomic E-state index is 16.8. The number of ether oxygens (including phenoxy) is 1. The molecule has 1 unspecified atom stereocenters. The van der Waals surface area contributed by atoms with Gasteiger partial charge in [-0.25, -0.2) is 4.39 Å². The molecule has 0 bridgehead atoms. The normalized spacial score (nSPS) is 22.8. The highest BCUT2D eigenvalue weighted by atomic mass is 79.9. The van der Waals surface area contributed by atoms with Gasteiger partial charge < -0.3 is 18.7 Å². The number of rotatable bonds is 9. The highest BCUT2D eigenvalue weighted by Gasteiger charge is 2.63. The third-order valence-corrected chi connectivity index (χ3v) is 19.8. The molecule has 4 nitrogen and oxygen atoms in total. The monoisotopic (exact) mass is 706 g/mol. The number of hydrogen-bond donors (Lipinski definition) is 1. The van der Waals surface area contributed by atoms with E-state index >= 15 is 4.39 Å². The van der Waals surface area contributed by atoms with Crippen molar-refractivity contribution in [2.24, 2.45) is 0 Å². The second kappa shape index (κ2) is 13.0. The van der Waals surface area contributed by atoms with Crippen LogP contribution in [0.15, 0.2) is 121 Å². The zero-order valence-electron chi connectivity index (χ0n) is 26.9. The topological polar surface area (TPSA) is 47.9 Å². The van der Waals surface area contributed by atoms with Crippen molar-refractivity contribution in [3.8, 4) is 0 Å². The maximum absolute atomic E-state index is 16.8. The number of halogens is 2. The van der Waals surface area contributed by atoms with Gasteiger partial charge in [-0.1, -0.05) is 163 Å². The van der Waals surface area contributed by atoms with Crippen LogP contribution in [0.1, 0.15) is 41.5 Å². The number of hydrogen-bond acceptors (Lipinski definition) is 4. The molecule has 1 saturated heterocycles. The number of aliphatic hydroxyl groups is 1. The number of alkyl halides is 2. The molecule has 1 aliphatic heterocycles. The first kappa shape index (κ1) is 33.9. The van der Waals surface area contributed by atoms with Gasteiger partial charge in [0, 0.05) is 0 Å². The first-order valence-electron chi connectivity index (χ1n) is 15.5. The van der Waals surface area contributed by atoms with Gasteiger partial charge in [0.1, 0.15) is 12.2 Å². The predicted octanol–water partition coefficient (Wildman–Crippen LogP) is 6.29. The second-order valence-electron chi connectivity index (χ2n) is 13.9. The minimum Gasteiger partial charge on any atom is -0.405 e. The van der Waals surface area contributed by atoms with Crippen LogP contribution in [0.5, 0.6) is 0 Å². The lowest BCUT2D eigenvalue weighted by Crippen LogP contribution is -2.70. The van der Waals surface area contributed by atoms with Crippen molar-refractivity contribution in [3.05, 3.63) is 121 Å². The van der Waals surface area contributed by atoms with Gasteiger partial charge in [0.05, 0.1) is 6.61 Å². The molecule has 4 aromatic rings. The standard InChI is InChI=1S/C37H44BrFO4Si2/c1-35(2,3)44(28-19-11-7-12-20-28,29-21-13-8-14-22-29)41-27-32-33(37(38,39)34(40)42-32)43-45(36(4,5)6,30-23-15-9-16-24-30)31-25-17-10-18-26-31/h7-26,32-34,40H,27H2,1-6H3/t32-,33-,34?,37+/m1/s1. The zero-order valence-corrected chi connectivity index (χ0v) is 30.5. The van der Waals surface area contributed by atoms with Gasteiger partial charge in [-0.05, 0) is 46.8 Å². The Kier molecular flexibility index (Phi) is 9.79. The van der Waals surface area contributed by atoms with Crippen LogP contribution >= 0.6 is 15.9 Å².